The Morgan fingerprint density at radius 3 is 2.67 bits per heavy atom. The van der Waals surface area contributed by atoms with Crippen LogP contribution in [0.4, 0.5) is 0 Å². The lowest BCUT2D eigenvalue weighted by Gasteiger charge is -2.34. The summed E-state index contributed by atoms with van der Waals surface area (Å²) in [7, 11) is 0. The maximum Gasteiger partial charge on any atom is 0.239 e. The third kappa shape index (κ3) is 3.07. The van der Waals surface area contributed by atoms with E-state index in [-0.39, 0.29) is 17.9 Å². The molecule has 2 aromatic rings. The molecule has 4 nitrogen and oxygen atoms in total. The van der Waals surface area contributed by atoms with Crippen LogP contribution in [0.3, 0.4) is 0 Å². The van der Waals surface area contributed by atoms with E-state index in [0.29, 0.717) is 5.92 Å². The molecule has 1 amide bonds. The number of piperidine rings is 1. The van der Waals surface area contributed by atoms with E-state index in [1.165, 1.54) is 22.0 Å². The van der Waals surface area contributed by atoms with Crippen molar-refractivity contribution in [2.45, 2.75) is 52.0 Å². The van der Waals surface area contributed by atoms with Crippen molar-refractivity contribution < 1.29 is 4.79 Å². The Hall–Kier alpha value is -1.81. The summed E-state index contributed by atoms with van der Waals surface area (Å²) in [5, 5.41) is 1.35. The van der Waals surface area contributed by atoms with E-state index in [1.54, 1.807) is 0 Å². The summed E-state index contributed by atoms with van der Waals surface area (Å²) in [6.07, 6.45) is 5.24. The van der Waals surface area contributed by atoms with Gasteiger partial charge in [-0.2, -0.15) is 0 Å². The molecule has 1 aliphatic heterocycles. The molecule has 3 rings (SSSR count). The Morgan fingerprint density at radius 1 is 1.33 bits per heavy atom. The second-order valence-electron chi connectivity index (χ2n) is 7.31. The largest absolute Gasteiger partial charge is 0.361 e. The number of nitrogens with two attached hydrogens (primary N) is 1. The number of likely N-dealkylation sites (tertiary alicyclic amines) is 1. The van der Waals surface area contributed by atoms with Gasteiger partial charge in [0.15, 0.2) is 0 Å². The van der Waals surface area contributed by atoms with Crippen LogP contribution in [0.2, 0.25) is 0 Å². The van der Waals surface area contributed by atoms with Gasteiger partial charge in [0.25, 0.3) is 0 Å². The molecule has 0 bridgehead atoms. The summed E-state index contributed by atoms with van der Waals surface area (Å²) in [6, 6.07) is 6.18. The Morgan fingerprint density at radius 2 is 2.04 bits per heavy atom. The summed E-state index contributed by atoms with van der Waals surface area (Å²) in [5.74, 6) is 0.817. The van der Waals surface area contributed by atoms with Gasteiger partial charge in [0.05, 0.1) is 6.04 Å². The van der Waals surface area contributed by atoms with Crippen LogP contribution in [0.15, 0.2) is 24.4 Å². The lowest BCUT2D eigenvalue weighted by atomic mass is 9.88. The summed E-state index contributed by atoms with van der Waals surface area (Å²) < 4.78 is 0. The summed E-state index contributed by atoms with van der Waals surface area (Å²) in [6.45, 7) is 7.82. The number of fused-ring (bicyclic) bond motifs is 1. The number of hydrogen-bond donors (Lipinski definition) is 2. The lowest BCUT2D eigenvalue weighted by Crippen LogP contribution is -2.49. The normalized spacial score (nSPS) is 17.6. The maximum atomic E-state index is 12.4. The monoisotopic (exact) mass is 327 g/mol. The van der Waals surface area contributed by atoms with Gasteiger partial charge in [-0.3, -0.25) is 4.79 Å². The van der Waals surface area contributed by atoms with Crippen LogP contribution in [0, 0.1) is 5.92 Å². The highest BCUT2D eigenvalue weighted by Gasteiger charge is 2.29. The molecule has 4 heteroatoms. The SMILES string of the molecule is CCc1cccc2c(C3CCN(C(=O)[C@@H](N)C(C)C)CC3)c[nH]c12. The fraction of sp³-hybridized carbons (Fsp3) is 0.550. The zero-order chi connectivity index (χ0) is 17.3. The van der Waals surface area contributed by atoms with E-state index < -0.39 is 0 Å². The van der Waals surface area contributed by atoms with Gasteiger partial charge in [-0.15, -0.1) is 0 Å². The van der Waals surface area contributed by atoms with E-state index in [4.69, 9.17) is 5.73 Å². The van der Waals surface area contributed by atoms with E-state index in [9.17, 15) is 4.79 Å². The number of aryl methyl sites for hydroxylation is 1. The molecule has 2 heterocycles. The molecular formula is C20H29N3O. The van der Waals surface area contributed by atoms with Gasteiger partial charge < -0.3 is 15.6 Å². The van der Waals surface area contributed by atoms with Crippen molar-refractivity contribution in [1.82, 2.24) is 9.88 Å². The maximum absolute atomic E-state index is 12.4. The minimum absolute atomic E-state index is 0.107. The van der Waals surface area contributed by atoms with Crippen LogP contribution < -0.4 is 5.73 Å². The third-order valence-electron chi connectivity index (χ3n) is 5.46. The first kappa shape index (κ1) is 17.0. The molecule has 0 spiro atoms. The van der Waals surface area contributed by atoms with Crippen molar-refractivity contribution in [3.8, 4) is 0 Å². The second kappa shape index (κ2) is 6.98. The van der Waals surface area contributed by atoms with Crippen LogP contribution >= 0.6 is 0 Å². The van der Waals surface area contributed by atoms with Crippen LogP contribution in [-0.4, -0.2) is 34.9 Å². The van der Waals surface area contributed by atoms with Crippen molar-refractivity contribution >= 4 is 16.8 Å². The number of carbonyl (C=O) groups excluding carboxylic acids is 1. The first-order valence-corrected chi connectivity index (χ1v) is 9.16. The smallest absolute Gasteiger partial charge is 0.239 e. The molecule has 130 valence electrons. The van der Waals surface area contributed by atoms with E-state index >= 15 is 0 Å². The van der Waals surface area contributed by atoms with Crippen LogP contribution in [0.1, 0.15) is 50.7 Å². The standard InChI is InChI=1S/C20H29N3O/c1-4-14-6-5-7-16-17(12-22-19(14)16)15-8-10-23(11-9-15)20(24)18(21)13(2)3/h5-7,12-13,15,18,22H,4,8-11,21H2,1-3H3/t18-/m0/s1. The number of hydrogen-bond acceptors (Lipinski definition) is 2. The van der Waals surface area contributed by atoms with Crippen molar-refractivity contribution in [3.63, 3.8) is 0 Å². The Kier molecular flexibility index (Phi) is 4.95. The average Bonchev–Trinajstić information content (AvgIpc) is 3.04. The van der Waals surface area contributed by atoms with Gasteiger partial charge in [0, 0.05) is 30.2 Å². The molecule has 24 heavy (non-hydrogen) atoms. The summed E-state index contributed by atoms with van der Waals surface area (Å²) in [5.41, 5.74) is 10.1. The number of amides is 1. The Bertz CT molecular complexity index is 711. The molecule has 1 atom stereocenters. The summed E-state index contributed by atoms with van der Waals surface area (Å²) in [4.78, 5) is 17.8. The van der Waals surface area contributed by atoms with Crippen LogP contribution in [0.25, 0.3) is 10.9 Å². The van der Waals surface area contributed by atoms with Gasteiger partial charge in [0.2, 0.25) is 5.91 Å². The van der Waals surface area contributed by atoms with Gasteiger partial charge >= 0.3 is 0 Å². The summed E-state index contributed by atoms with van der Waals surface area (Å²) >= 11 is 0. The molecule has 0 unspecified atom stereocenters. The van der Waals surface area contributed by atoms with Crippen molar-refractivity contribution in [3.05, 3.63) is 35.5 Å². The third-order valence-corrected chi connectivity index (χ3v) is 5.46. The molecule has 0 saturated carbocycles. The molecular weight excluding hydrogens is 298 g/mol. The molecule has 1 aromatic carbocycles. The predicted molar refractivity (Wildman–Crippen MR) is 99.0 cm³/mol. The number of benzene rings is 1. The molecule has 0 radical (unpaired) electrons. The topological polar surface area (TPSA) is 62.1 Å². The highest BCUT2D eigenvalue weighted by molar-refractivity contribution is 5.86. The minimum atomic E-state index is -0.373. The van der Waals surface area contributed by atoms with E-state index in [1.807, 2.05) is 18.7 Å². The molecule has 0 aliphatic carbocycles. The van der Waals surface area contributed by atoms with E-state index in [2.05, 4.69) is 36.3 Å². The van der Waals surface area contributed by atoms with Crippen LogP contribution in [0.5, 0.6) is 0 Å². The second-order valence-corrected chi connectivity index (χ2v) is 7.31. The number of para-hydroxylation sites is 1. The van der Waals surface area contributed by atoms with Gasteiger partial charge in [0.1, 0.15) is 0 Å². The predicted octanol–water partition coefficient (Wildman–Crippen LogP) is 3.42. The highest BCUT2D eigenvalue weighted by atomic mass is 16.2. The first-order chi connectivity index (χ1) is 11.5. The Labute approximate surface area is 144 Å². The zero-order valence-corrected chi connectivity index (χ0v) is 15.0. The van der Waals surface area contributed by atoms with Gasteiger partial charge in [-0.1, -0.05) is 39.0 Å². The van der Waals surface area contributed by atoms with Crippen molar-refractivity contribution in [1.29, 1.82) is 0 Å². The van der Waals surface area contributed by atoms with Gasteiger partial charge in [-0.05, 0) is 42.2 Å². The molecule has 3 N–H and O–H groups in total. The minimum Gasteiger partial charge on any atom is -0.361 e. The fourth-order valence-corrected chi connectivity index (χ4v) is 3.78. The van der Waals surface area contributed by atoms with Crippen LogP contribution in [-0.2, 0) is 11.2 Å². The number of aromatic nitrogens is 1. The molecule has 1 fully saturated rings. The lowest BCUT2D eigenvalue weighted by molar-refractivity contribution is -0.134. The first-order valence-electron chi connectivity index (χ1n) is 9.16. The quantitative estimate of drug-likeness (QED) is 0.904. The number of nitrogens with zero attached hydrogens (tertiary/aromatic N) is 1. The highest BCUT2D eigenvalue weighted by Crippen LogP contribution is 2.34. The average molecular weight is 327 g/mol. The molecule has 1 aromatic heterocycles. The van der Waals surface area contributed by atoms with Gasteiger partial charge in [-0.25, -0.2) is 0 Å². The van der Waals surface area contributed by atoms with Crippen molar-refractivity contribution in [2.75, 3.05) is 13.1 Å². The fourth-order valence-electron chi connectivity index (χ4n) is 3.78. The molecule has 1 saturated heterocycles. The number of rotatable bonds is 4. The number of H-pyrrole nitrogens is 1. The zero-order valence-electron chi connectivity index (χ0n) is 15.0. The Balaban J connectivity index is 1.73. The van der Waals surface area contributed by atoms with E-state index in [0.717, 1.165) is 32.4 Å². The number of aromatic amines is 1. The molecule has 1 aliphatic rings. The number of nitrogens with one attached hydrogen (secondary N) is 1. The number of carbonyl (C=O) groups is 1. The van der Waals surface area contributed by atoms with Crippen molar-refractivity contribution in [2.24, 2.45) is 11.7 Å².